The number of fused-ring (bicyclic) bond motifs is 1. The molecule has 0 atom stereocenters. The number of rotatable bonds is 2. The fourth-order valence-corrected chi connectivity index (χ4v) is 2.81. The molecule has 1 aliphatic rings. The molecule has 1 saturated carbocycles. The molecule has 3 rings (SSSR count). The Morgan fingerprint density at radius 3 is 2.67 bits per heavy atom. The molecule has 0 radical (unpaired) electrons. The lowest BCUT2D eigenvalue weighted by molar-refractivity contribution is 0.257. The molecule has 1 aromatic heterocycles. The van der Waals surface area contributed by atoms with Gasteiger partial charge in [0.15, 0.2) is 0 Å². The van der Waals surface area contributed by atoms with Crippen molar-refractivity contribution < 1.29 is 9.15 Å². The summed E-state index contributed by atoms with van der Waals surface area (Å²) >= 11 is 0. The molecule has 1 heterocycles. The molecular weight excluding hydrogens is 226 g/mol. The van der Waals surface area contributed by atoms with Gasteiger partial charge < -0.3 is 14.9 Å². The van der Waals surface area contributed by atoms with E-state index in [1.165, 1.54) is 19.3 Å². The third-order valence-electron chi connectivity index (χ3n) is 3.96. The fraction of sp³-hybridized carbons (Fsp3) is 0.467. The van der Waals surface area contributed by atoms with Crippen molar-refractivity contribution in [3.05, 3.63) is 30.0 Å². The van der Waals surface area contributed by atoms with Crippen LogP contribution in [0, 0.1) is 0 Å². The molecule has 0 spiro atoms. The second-order valence-corrected chi connectivity index (χ2v) is 5.23. The Morgan fingerprint density at radius 1 is 1.17 bits per heavy atom. The molecule has 0 saturated heterocycles. The van der Waals surface area contributed by atoms with Gasteiger partial charge in [-0.15, -0.1) is 0 Å². The van der Waals surface area contributed by atoms with Crippen LogP contribution in [-0.4, -0.2) is 7.11 Å². The van der Waals surface area contributed by atoms with Crippen LogP contribution < -0.4 is 10.5 Å². The van der Waals surface area contributed by atoms with Gasteiger partial charge in [-0.1, -0.05) is 19.3 Å². The standard InChI is InChI=1S/C15H19NO2/c1-17-12-6-5-11-9-14(18-13(11)10-12)15(16)7-3-2-4-8-15/h5-6,9-10H,2-4,7-8,16H2,1H3. The van der Waals surface area contributed by atoms with Gasteiger partial charge in [0.1, 0.15) is 17.1 Å². The molecule has 1 fully saturated rings. The Labute approximate surface area is 107 Å². The Hall–Kier alpha value is -1.48. The predicted molar refractivity (Wildman–Crippen MR) is 71.7 cm³/mol. The van der Waals surface area contributed by atoms with Crippen molar-refractivity contribution in [1.29, 1.82) is 0 Å². The quantitative estimate of drug-likeness (QED) is 0.880. The van der Waals surface area contributed by atoms with Crippen LogP contribution in [0.25, 0.3) is 11.0 Å². The monoisotopic (exact) mass is 245 g/mol. The van der Waals surface area contributed by atoms with E-state index in [-0.39, 0.29) is 5.54 Å². The van der Waals surface area contributed by atoms with Crippen LogP contribution in [0.4, 0.5) is 0 Å². The minimum Gasteiger partial charge on any atom is -0.497 e. The van der Waals surface area contributed by atoms with Gasteiger partial charge in [0.25, 0.3) is 0 Å². The van der Waals surface area contributed by atoms with Gasteiger partial charge in [-0.3, -0.25) is 0 Å². The van der Waals surface area contributed by atoms with Gasteiger partial charge in [0.2, 0.25) is 0 Å². The van der Waals surface area contributed by atoms with Crippen molar-refractivity contribution in [2.45, 2.75) is 37.6 Å². The largest absolute Gasteiger partial charge is 0.497 e. The van der Waals surface area contributed by atoms with E-state index < -0.39 is 0 Å². The van der Waals surface area contributed by atoms with Crippen molar-refractivity contribution in [1.82, 2.24) is 0 Å². The lowest BCUT2D eigenvalue weighted by atomic mass is 9.81. The highest BCUT2D eigenvalue weighted by Gasteiger charge is 2.32. The second kappa shape index (κ2) is 4.32. The van der Waals surface area contributed by atoms with Gasteiger partial charge in [0, 0.05) is 11.5 Å². The van der Waals surface area contributed by atoms with Crippen molar-refractivity contribution in [2.75, 3.05) is 7.11 Å². The van der Waals surface area contributed by atoms with E-state index in [1.807, 2.05) is 18.2 Å². The summed E-state index contributed by atoms with van der Waals surface area (Å²) in [6.07, 6.45) is 5.70. The van der Waals surface area contributed by atoms with Gasteiger partial charge in [-0.05, 0) is 31.0 Å². The molecule has 96 valence electrons. The zero-order valence-corrected chi connectivity index (χ0v) is 10.7. The number of ether oxygens (including phenoxy) is 1. The minimum absolute atomic E-state index is 0.273. The third kappa shape index (κ3) is 1.89. The molecule has 0 bridgehead atoms. The van der Waals surface area contributed by atoms with E-state index in [9.17, 15) is 0 Å². The van der Waals surface area contributed by atoms with Crippen LogP contribution in [0.2, 0.25) is 0 Å². The average Bonchev–Trinajstić information content (AvgIpc) is 2.83. The molecule has 2 aromatic rings. The van der Waals surface area contributed by atoms with Gasteiger partial charge in [0.05, 0.1) is 12.6 Å². The smallest absolute Gasteiger partial charge is 0.138 e. The van der Waals surface area contributed by atoms with E-state index >= 15 is 0 Å². The van der Waals surface area contributed by atoms with Gasteiger partial charge in [-0.25, -0.2) is 0 Å². The molecule has 0 aliphatic heterocycles. The van der Waals surface area contributed by atoms with Crippen LogP contribution >= 0.6 is 0 Å². The molecule has 1 aromatic carbocycles. The predicted octanol–water partition coefficient (Wildman–Crippen LogP) is 3.56. The summed E-state index contributed by atoms with van der Waals surface area (Å²) in [7, 11) is 1.66. The normalized spacial score (nSPS) is 19.0. The van der Waals surface area contributed by atoms with E-state index in [2.05, 4.69) is 6.07 Å². The first-order chi connectivity index (χ1) is 8.71. The molecule has 1 aliphatic carbocycles. The first-order valence-corrected chi connectivity index (χ1v) is 6.58. The minimum atomic E-state index is -0.273. The van der Waals surface area contributed by atoms with Crippen molar-refractivity contribution in [3.8, 4) is 5.75 Å². The summed E-state index contributed by atoms with van der Waals surface area (Å²) in [5.74, 6) is 1.74. The summed E-state index contributed by atoms with van der Waals surface area (Å²) in [6.45, 7) is 0. The summed E-state index contributed by atoms with van der Waals surface area (Å²) in [5, 5.41) is 1.10. The van der Waals surface area contributed by atoms with Crippen LogP contribution in [-0.2, 0) is 5.54 Å². The first kappa shape index (κ1) is 11.6. The zero-order chi connectivity index (χ0) is 12.6. The number of furan rings is 1. The molecule has 3 heteroatoms. The van der Waals surface area contributed by atoms with Crippen LogP contribution in [0.1, 0.15) is 37.9 Å². The Balaban J connectivity index is 2.02. The SMILES string of the molecule is COc1ccc2cc(C3(N)CCCCC3)oc2c1. The number of methoxy groups -OCH3 is 1. The van der Waals surface area contributed by atoms with Crippen LogP contribution in [0.15, 0.2) is 28.7 Å². The van der Waals surface area contributed by atoms with E-state index in [1.54, 1.807) is 7.11 Å². The van der Waals surface area contributed by atoms with E-state index in [0.717, 1.165) is 35.3 Å². The van der Waals surface area contributed by atoms with Crippen molar-refractivity contribution in [2.24, 2.45) is 5.73 Å². The molecule has 18 heavy (non-hydrogen) atoms. The highest BCUT2D eigenvalue weighted by Crippen LogP contribution is 2.37. The molecular formula is C15H19NO2. The Morgan fingerprint density at radius 2 is 1.94 bits per heavy atom. The summed E-state index contributed by atoms with van der Waals surface area (Å²) in [5.41, 5.74) is 7.08. The molecule has 0 amide bonds. The summed E-state index contributed by atoms with van der Waals surface area (Å²) in [6, 6.07) is 7.98. The molecule has 3 nitrogen and oxygen atoms in total. The fourth-order valence-electron chi connectivity index (χ4n) is 2.81. The van der Waals surface area contributed by atoms with Gasteiger partial charge in [-0.2, -0.15) is 0 Å². The molecule has 0 unspecified atom stereocenters. The lowest BCUT2D eigenvalue weighted by Gasteiger charge is -2.31. The van der Waals surface area contributed by atoms with E-state index in [4.69, 9.17) is 14.9 Å². The Bertz CT molecular complexity index is 553. The average molecular weight is 245 g/mol. The molecule has 2 N–H and O–H groups in total. The zero-order valence-electron chi connectivity index (χ0n) is 10.7. The maximum absolute atomic E-state index is 6.49. The van der Waals surface area contributed by atoms with Crippen LogP contribution in [0.5, 0.6) is 5.75 Å². The number of benzene rings is 1. The third-order valence-corrected chi connectivity index (χ3v) is 3.96. The summed E-state index contributed by atoms with van der Waals surface area (Å²) in [4.78, 5) is 0. The number of hydrogen-bond acceptors (Lipinski definition) is 3. The van der Waals surface area contributed by atoms with E-state index in [0.29, 0.717) is 0 Å². The lowest BCUT2D eigenvalue weighted by Crippen LogP contribution is -2.38. The van der Waals surface area contributed by atoms with Crippen LogP contribution in [0.3, 0.4) is 0 Å². The van der Waals surface area contributed by atoms with Crippen molar-refractivity contribution in [3.63, 3.8) is 0 Å². The topological polar surface area (TPSA) is 48.4 Å². The maximum Gasteiger partial charge on any atom is 0.138 e. The summed E-state index contributed by atoms with van der Waals surface area (Å²) < 4.78 is 11.2. The highest BCUT2D eigenvalue weighted by molar-refractivity contribution is 5.79. The van der Waals surface area contributed by atoms with Crippen molar-refractivity contribution >= 4 is 11.0 Å². The number of hydrogen-bond donors (Lipinski definition) is 1. The number of nitrogens with two attached hydrogens (primary N) is 1. The maximum atomic E-state index is 6.49. The first-order valence-electron chi connectivity index (χ1n) is 6.58. The highest BCUT2D eigenvalue weighted by atomic mass is 16.5. The Kier molecular flexibility index (Phi) is 2.78. The van der Waals surface area contributed by atoms with Gasteiger partial charge >= 0.3 is 0 Å². The second-order valence-electron chi connectivity index (χ2n) is 5.23.